The number of ether oxygens (including phenoxy) is 3. The lowest BCUT2D eigenvalue weighted by Crippen LogP contribution is -2.39. The summed E-state index contributed by atoms with van der Waals surface area (Å²) >= 11 is 0. The van der Waals surface area contributed by atoms with Gasteiger partial charge in [0.25, 0.3) is 0 Å². The largest absolute Gasteiger partial charge is 0.497 e. The number of hydrogen-bond donors (Lipinski definition) is 1. The van der Waals surface area contributed by atoms with Crippen LogP contribution in [0.15, 0.2) is 66.7 Å². The number of hydrogen-bond acceptors (Lipinski definition) is 7. The van der Waals surface area contributed by atoms with Gasteiger partial charge in [0.05, 0.1) is 12.6 Å². The first-order chi connectivity index (χ1) is 17.1. The molecule has 2 amide bonds. The fraction of sp³-hybridized carbons (Fsp3) is 0.200. The zero-order valence-corrected chi connectivity index (χ0v) is 19.0. The van der Waals surface area contributed by atoms with Crippen LogP contribution in [0.5, 0.6) is 17.2 Å². The number of rotatable bonds is 8. The summed E-state index contributed by atoms with van der Waals surface area (Å²) in [7, 11) is 1.59. The van der Waals surface area contributed by atoms with Crippen molar-refractivity contribution in [2.75, 3.05) is 25.8 Å². The van der Waals surface area contributed by atoms with E-state index in [9.17, 15) is 9.59 Å². The van der Waals surface area contributed by atoms with E-state index in [1.54, 1.807) is 25.3 Å². The van der Waals surface area contributed by atoms with Gasteiger partial charge >= 0.3 is 0 Å². The van der Waals surface area contributed by atoms with E-state index in [0.29, 0.717) is 28.5 Å². The maximum Gasteiger partial charge on any atom is 0.245 e. The molecular formula is C25H23N5O5. The Balaban J connectivity index is 1.33. The summed E-state index contributed by atoms with van der Waals surface area (Å²) in [5.74, 6) is 1.29. The standard InChI is InChI=1S/C25H23N5O5/c1-33-19-9-6-17(7-10-19)13-29(25(32)15-30-21-5-3-2-4-20(21)27-28-30)14-24(31)26-18-8-11-22-23(12-18)35-16-34-22/h2-12H,13-16H2,1H3,(H,26,31). The Hall–Kier alpha value is -4.60. The highest BCUT2D eigenvalue weighted by atomic mass is 16.7. The van der Waals surface area contributed by atoms with Gasteiger partial charge in [0, 0.05) is 18.3 Å². The molecule has 0 bridgehead atoms. The summed E-state index contributed by atoms with van der Waals surface area (Å²) < 4.78 is 17.4. The molecule has 0 saturated carbocycles. The highest BCUT2D eigenvalue weighted by molar-refractivity contribution is 5.95. The molecule has 0 fully saturated rings. The van der Waals surface area contributed by atoms with Crippen LogP contribution in [0.25, 0.3) is 11.0 Å². The molecule has 10 heteroatoms. The van der Waals surface area contributed by atoms with Crippen LogP contribution in [0, 0.1) is 0 Å². The van der Waals surface area contributed by atoms with Crippen molar-refractivity contribution in [3.63, 3.8) is 0 Å². The van der Waals surface area contributed by atoms with E-state index < -0.39 is 0 Å². The molecule has 0 unspecified atom stereocenters. The molecule has 0 saturated heterocycles. The second-order valence-corrected chi connectivity index (χ2v) is 7.95. The first kappa shape index (κ1) is 22.2. The number of benzene rings is 3. The average Bonchev–Trinajstić information content (AvgIpc) is 3.51. The molecule has 0 atom stereocenters. The normalized spacial score (nSPS) is 11.9. The highest BCUT2D eigenvalue weighted by Crippen LogP contribution is 2.34. The van der Waals surface area contributed by atoms with Crippen molar-refractivity contribution in [1.82, 2.24) is 19.9 Å². The number of methoxy groups -OCH3 is 1. The molecule has 10 nitrogen and oxygen atoms in total. The number of carbonyl (C=O) groups is 2. The van der Waals surface area contributed by atoms with Crippen molar-refractivity contribution in [1.29, 1.82) is 0 Å². The minimum absolute atomic E-state index is 0.0476. The van der Waals surface area contributed by atoms with Crippen LogP contribution >= 0.6 is 0 Å². The molecule has 178 valence electrons. The van der Waals surface area contributed by atoms with Gasteiger partial charge in [0.15, 0.2) is 11.5 Å². The smallest absolute Gasteiger partial charge is 0.245 e. The van der Waals surface area contributed by atoms with E-state index in [-0.39, 0.29) is 38.2 Å². The summed E-state index contributed by atoms with van der Waals surface area (Å²) in [4.78, 5) is 27.7. The molecule has 35 heavy (non-hydrogen) atoms. The molecule has 1 aliphatic heterocycles. The number of para-hydroxylation sites is 1. The van der Waals surface area contributed by atoms with E-state index in [0.717, 1.165) is 11.1 Å². The van der Waals surface area contributed by atoms with Crippen LogP contribution in [0.1, 0.15) is 5.56 Å². The maximum atomic E-state index is 13.3. The fourth-order valence-electron chi connectivity index (χ4n) is 3.79. The van der Waals surface area contributed by atoms with Gasteiger partial charge in [-0.1, -0.05) is 29.5 Å². The van der Waals surface area contributed by atoms with Crippen molar-refractivity contribution >= 4 is 28.5 Å². The third-order valence-corrected chi connectivity index (χ3v) is 5.58. The molecule has 1 aromatic heterocycles. The first-order valence-corrected chi connectivity index (χ1v) is 11.0. The number of carbonyl (C=O) groups excluding carboxylic acids is 2. The third kappa shape index (κ3) is 5.01. The lowest BCUT2D eigenvalue weighted by atomic mass is 10.2. The molecule has 0 aliphatic carbocycles. The topological polar surface area (TPSA) is 108 Å². The Morgan fingerprint density at radius 1 is 1.06 bits per heavy atom. The predicted octanol–water partition coefficient (Wildman–Crippen LogP) is 2.84. The second-order valence-electron chi connectivity index (χ2n) is 7.95. The minimum atomic E-state index is -0.339. The monoisotopic (exact) mass is 473 g/mol. The number of anilines is 1. The summed E-state index contributed by atoms with van der Waals surface area (Å²) in [6.45, 7) is 0.192. The molecule has 5 rings (SSSR count). The van der Waals surface area contributed by atoms with Crippen LogP contribution in [0.2, 0.25) is 0 Å². The molecule has 3 aromatic carbocycles. The minimum Gasteiger partial charge on any atom is -0.497 e. The van der Waals surface area contributed by atoms with Gasteiger partial charge in [-0.3, -0.25) is 9.59 Å². The zero-order valence-electron chi connectivity index (χ0n) is 19.0. The van der Waals surface area contributed by atoms with E-state index in [2.05, 4.69) is 15.6 Å². The summed E-state index contributed by atoms with van der Waals surface area (Å²) in [5, 5.41) is 11.0. The lowest BCUT2D eigenvalue weighted by molar-refractivity contribution is -0.136. The number of nitrogens with zero attached hydrogens (tertiary/aromatic N) is 4. The van der Waals surface area contributed by atoms with Crippen molar-refractivity contribution in [2.45, 2.75) is 13.1 Å². The van der Waals surface area contributed by atoms with E-state index in [4.69, 9.17) is 14.2 Å². The molecule has 1 N–H and O–H groups in total. The number of aromatic nitrogens is 3. The number of fused-ring (bicyclic) bond motifs is 2. The number of amides is 2. The SMILES string of the molecule is COc1ccc(CN(CC(=O)Nc2ccc3c(c2)OCO3)C(=O)Cn2nnc3ccccc32)cc1. The first-order valence-electron chi connectivity index (χ1n) is 11.0. The van der Waals surface area contributed by atoms with Crippen molar-refractivity contribution in [2.24, 2.45) is 0 Å². The van der Waals surface area contributed by atoms with Crippen LogP contribution in [0.4, 0.5) is 5.69 Å². The molecule has 2 heterocycles. The van der Waals surface area contributed by atoms with Gasteiger partial charge < -0.3 is 24.4 Å². The van der Waals surface area contributed by atoms with Crippen LogP contribution in [-0.2, 0) is 22.7 Å². The maximum absolute atomic E-state index is 13.3. The fourth-order valence-corrected chi connectivity index (χ4v) is 3.79. The van der Waals surface area contributed by atoms with Crippen LogP contribution in [-0.4, -0.2) is 52.2 Å². The quantitative estimate of drug-likeness (QED) is 0.419. The van der Waals surface area contributed by atoms with Gasteiger partial charge in [-0.2, -0.15) is 0 Å². The Kier molecular flexibility index (Phi) is 6.16. The van der Waals surface area contributed by atoms with Crippen molar-refractivity contribution in [3.8, 4) is 17.2 Å². The second kappa shape index (κ2) is 9.72. The van der Waals surface area contributed by atoms with E-state index in [1.165, 1.54) is 9.58 Å². The van der Waals surface area contributed by atoms with Crippen LogP contribution in [0.3, 0.4) is 0 Å². The van der Waals surface area contributed by atoms with Gasteiger partial charge in [0.2, 0.25) is 18.6 Å². The Bertz CT molecular complexity index is 1370. The molecule has 0 radical (unpaired) electrons. The Morgan fingerprint density at radius 3 is 2.69 bits per heavy atom. The van der Waals surface area contributed by atoms with Crippen molar-refractivity contribution < 1.29 is 23.8 Å². The third-order valence-electron chi connectivity index (χ3n) is 5.58. The molecular weight excluding hydrogens is 450 g/mol. The van der Waals surface area contributed by atoms with Crippen molar-refractivity contribution in [3.05, 3.63) is 72.3 Å². The molecule has 4 aromatic rings. The lowest BCUT2D eigenvalue weighted by Gasteiger charge is -2.22. The Labute approximate surface area is 201 Å². The summed E-state index contributed by atoms with van der Waals surface area (Å²) in [6.07, 6.45) is 0. The van der Waals surface area contributed by atoms with Gasteiger partial charge in [-0.05, 0) is 42.0 Å². The average molecular weight is 473 g/mol. The van der Waals surface area contributed by atoms with Gasteiger partial charge in [-0.25, -0.2) is 4.68 Å². The number of nitrogens with one attached hydrogen (secondary N) is 1. The highest BCUT2D eigenvalue weighted by Gasteiger charge is 2.21. The molecule has 1 aliphatic rings. The van der Waals surface area contributed by atoms with E-state index >= 15 is 0 Å². The summed E-state index contributed by atoms with van der Waals surface area (Å²) in [6, 6.07) is 19.9. The predicted molar refractivity (Wildman–Crippen MR) is 127 cm³/mol. The summed E-state index contributed by atoms with van der Waals surface area (Å²) in [5.41, 5.74) is 2.86. The van der Waals surface area contributed by atoms with Gasteiger partial charge in [0.1, 0.15) is 24.4 Å². The van der Waals surface area contributed by atoms with Gasteiger partial charge in [-0.15, -0.1) is 5.10 Å². The molecule has 0 spiro atoms. The Morgan fingerprint density at radius 2 is 1.86 bits per heavy atom. The zero-order chi connectivity index (χ0) is 24.2. The van der Waals surface area contributed by atoms with E-state index in [1.807, 2.05) is 48.5 Å². The van der Waals surface area contributed by atoms with Crippen LogP contribution < -0.4 is 19.5 Å².